The van der Waals surface area contributed by atoms with Crippen molar-refractivity contribution in [3.05, 3.63) is 348 Å². The van der Waals surface area contributed by atoms with Crippen molar-refractivity contribution < 1.29 is 6.85 Å². The largest absolute Gasteiger partial charge is 0.310 e. The average Bonchev–Trinajstić information content (AvgIpc) is 3.36. The topological polar surface area (TPSA) is 6.48 Å². The van der Waals surface area contributed by atoms with Crippen LogP contribution in [0, 0.1) is 0 Å². The number of fused-ring (bicyclic) bond motifs is 13. The second-order valence-electron chi connectivity index (χ2n) is 19.9. The molecule has 76 heavy (non-hydrogen) atoms. The third-order valence-electron chi connectivity index (χ3n) is 16.2. The number of benzene rings is 12. The molecule has 1 atom stereocenters. The quantitative estimate of drug-likeness (QED) is 0.142. The maximum Gasteiger partial charge on any atom is 0.0727 e. The summed E-state index contributed by atoms with van der Waals surface area (Å²) in [6.45, 7) is 0. The molecule has 0 aromatic heterocycles. The van der Waals surface area contributed by atoms with Crippen molar-refractivity contribution in [2.24, 2.45) is 0 Å². The van der Waals surface area contributed by atoms with Gasteiger partial charge in [-0.05, 0) is 150 Å². The van der Waals surface area contributed by atoms with Gasteiger partial charge in [-0.1, -0.05) is 237 Å². The second-order valence-corrected chi connectivity index (χ2v) is 19.9. The Morgan fingerprint density at radius 1 is 0.250 bits per heavy atom. The highest BCUT2D eigenvalue weighted by atomic mass is 15.1. The zero-order valence-electron chi connectivity index (χ0n) is 46.4. The fourth-order valence-electron chi connectivity index (χ4n) is 13.3. The molecule has 0 saturated heterocycles. The van der Waals surface area contributed by atoms with Crippen LogP contribution in [0.2, 0.25) is 0 Å². The first-order valence-corrected chi connectivity index (χ1v) is 26.0. The van der Waals surface area contributed by atoms with Crippen LogP contribution in [0.5, 0.6) is 0 Å². The molecule has 12 aromatic rings. The predicted octanol–water partition coefficient (Wildman–Crippen LogP) is 19.0. The number of para-hydroxylation sites is 3. The number of nitrogens with zero attached hydrogens (tertiary/aromatic N) is 2. The molecule has 2 nitrogen and oxygen atoms in total. The zero-order chi connectivity index (χ0) is 54.6. The lowest BCUT2D eigenvalue weighted by atomic mass is 9.68. The summed E-state index contributed by atoms with van der Waals surface area (Å²) in [7, 11) is 0. The van der Waals surface area contributed by atoms with Crippen molar-refractivity contribution in [3.8, 4) is 44.5 Å². The molecule has 0 saturated carbocycles. The second kappa shape index (κ2) is 17.4. The van der Waals surface area contributed by atoms with E-state index in [0.717, 1.165) is 72.7 Å². The molecule has 0 aliphatic heterocycles. The van der Waals surface area contributed by atoms with E-state index in [9.17, 15) is 2.74 Å². The fraction of sp³-hybridized carbons (Fsp3) is 0.0270. The van der Waals surface area contributed by atoms with Crippen LogP contribution in [0.15, 0.2) is 303 Å². The van der Waals surface area contributed by atoms with Gasteiger partial charge >= 0.3 is 0 Å². The van der Waals surface area contributed by atoms with E-state index in [1.165, 1.54) is 33.4 Å². The van der Waals surface area contributed by atoms with Crippen molar-refractivity contribution >= 4 is 34.1 Å². The molecule has 3 aliphatic carbocycles. The van der Waals surface area contributed by atoms with Crippen molar-refractivity contribution in [3.63, 3.8) is 0 Å². The molecule has 2 heteroatoms. The minimum Gasteiger partial charge on any atom is -0.310 e. The van der Waals surface area contributed by atoms with E-state index in [0.29, 0.717) is 11.4 Å². The van der Waals surface area contributed by atoms with Crippen LogP contribution in [0.3, 0.4) is 0 Å². The van der Waals surface area contributed by atoms with E-state index in [-0.39, 0.29) is 29.9 Å². The fourth-order valence-corrected chi connectivity index (χ4v) is 13.3. The van der Waals surface area contributed by atoms with Gasteiger partial charge in [-0.3, -0.25) is 0 Å². The van der Waals surface area contributed by atoms with E-state index in [1.54, 1.807) is 0 Å². The molecule has 356 valence electrons. The van der Waals surface area contributed by atoms with Crippen molar-refractivity contribution in [2.75, 3.05) is 9.80 Å². The van der Waals surface area contributed by atoms with Crippen LogP contribution >= 0.6 is 0 Å². The molecule has 0 N–H and O–H groups in total. The zero-order valence-corrected chi connectivity index (χ0v) is 41.4. The van der Waals surface area contributed by atoms with Gasteiger partial charge in [0.05, 0.1) is 23.4 Å². The molecule has 0 heterocycles. The smallest absolute Gasteiger partial charge is 0.0727 e. The molecule has 0 bridgehead atoms. The van der Waals surface area contributed by atoms with Crippen LogP contribution in [0.25, 0.3) is 44.5 Å². The van der Waals surface area contributed by atoms with E-state index >= 15 is 0 Å². The predicted molar refractivity (Wildman–Crippen MR) is 315 cm³/mol. The number of rotatable bonds is 9. The number of hydrogen-bond donors (Lipinski definition) is 0. The molecule has 1 spiro atoms. The van der Waals surface area contributed by atoms with E-state index in [4.69, 9.17) is 4.11 Å². The van der Waals surface area contributed by atoms with Gasteiger partial charge in [0, 0.05) is 34.0 Å². The molecule has 0 amide bonds. The van der Waals surface area contributed by atoms with Crippen LogP contribution in [0.1, 0.15) is 51.4 Å². The Labute approximate surface area is 451 Å². The Hall–Kier alpha value is -9.76. The van der Waals surface area contributed by atoms with Gasteiger partial charge in [-0.2, -0.15) is 0 Å². The first-order chi connectivity index (χ1) is 39.8. The molecule has 1 unspecified atom stereocenters. The Morgan fingerprint density at radius 2 is 0.658 bits per heavy atom. The maximum atomic E-state index is 9.31. The summed E-state index contributed by atoms with van der Waals surface area (Å²) in [6.07, 6.45) is 0. The summed E-state index contributed by atoms with van der Waals surface area (Å²) < 4.78 is 44.8. The molecular weight excluding hydrogens is 917 g/mol. The van der Waals surface area contributed by atoms with Crippen LogP contribution in [-0.4, -0.2) is 0 Å². The maximum absolute atomic E-state index is 9.31. The van der Waals surface area contributed by atoms with E-state index in [2.05, 4.69) is 241 Å². The van der Waals surface area contributed by atoms with Crippen LogP contribution in [-0.2, 0) is 10.8 Å². The van der Waals surface area contributed by atoms with Gasteiger partial charge in [0.15, 0.2) is 0 Å². The van der Waals surface area contributed by atoms with Crippen LogP contribution in [0.4, 0.5) is 34.1 Å². The molecule has 3 aliphatic rings. The van der Waals surface area contributed by atoms with Gasteiger partial charge in [0.2, 0.25) is 0 Å². The van der Waals surface area contributed by atoms with Gasteiger partial charge in [0.1, 0.15) is 0 Å². The minimum absolute atomic E-state index is 0.0840. The molecule has 12 aromatic carbocycles. The molecule has 0 radical (unpaired) electrons. The van der Waals surface area contributed by atoms with Gasteiger partial charge < -0.3 is 9.80 Å². The summed E-state index contributed by atoms with van der Waals surface area (Å²) in [5.74, 6) is 0. The summed E-state index contributed by atoms with van der Waals surface area (Å²) in [5, 5.41) is 0. The summed E-state index contributed by atoms with van der Waals surface area (Å²) in [5.41, 5.74) is 21.5. The van der Waals surface area contributed by atoms with E-state index < -0.39 is 16.9 Å². The highest BCUT2D eigenvalue weighted by Crippen LogP contribution is 2.65. The van der Waals surface area contributed by atoms with Crippen molar-refractivity contribution in [1.82, 2.24) is 0 Å². The van der Waals surface area contributed by atoms with Gasteiger partial charge in [-0.15, -0.1) is 0 Å². The number of anilines is 6. The Morgan fingerprint density at radius 3 is 1.24 bits per heavy atom. The average molecular weight is 972 g/mol. The molecule has 0 fully saturated rings. The Balaban J connectivity index is 0.995. The molecule has 15 rings (SSSR count). The lowest BCUT2D eigenvalue weighted by molar-refractivity contribution is 0.768. The normalized spacial score (nSPS) is 15.7. The monoisotopic (exact) mass is 971 g/mol. The SMILES string of the molecule is [2H]c1c([2H])c([2H])c(N(c2ccccc2)c2ccc3c(c2)C2(c4ccccc4-c4ccc(N(c5ccc6c(c5)-c5ccccc5C6(c5ccccc5)c5ccccc5)c5ccccc5-c5ccccc5)cc42)c2ccccc2-3)c([2H])c1[2H]. The van der Waals surface area contributed by atoms with Crippen LogP contribution < -0.4 is 9.80 Å². The first-order valence-electron chi connectivity index (χ1n) is 28.5. The van der Waals surface area contributed by atoms with Gasteiger partial charge in [0.25, 0.3) is 0 Å². The number of hydrogen-bond acceptors (Lipinski definition) is 2. The van der Waals surface area contributed by atoms with Gasteiger partial charge in [-0.25, -0.2) is 0 Å². The lowest BCUT2D eigenvalue weighted by Gasteiger charge is -2.35. The Bertz CT molecular complexity index is 4410. The lowest BCUT2D eigenvalue weighted by Crippen LogP contribution is -2.28. The summed E-state index contributed by atoms with van der Waals surface area (Å²) in [6, 6.07) is 96.0. The summed E-state index contributed by atoms with van der Waals surface area (Å²) in [4.78, 5) is 4.27. The highest BCUT2D eigenvalue weighted by molar-refractivity contribution is 5.99. The standard InChI is InChI=1S/C74H50N2/c1-6-24-51(25-7-1)59-34-19-23-41-72(59)76(56-44-47-69-65(48-56)62-37-18-20-38-66(62)73(69,52-26-8-2-9-27-52)53-28-10-3-11-29-53)58-43-46-64-61-36-17-22-40-68(61)74(71(64)50-58)67-39-21-16-35-60(67)63-45-42-57(49-70(63)74)75(54-30-12-4-13-31-54)55-32-14-5-15-33-55/h1-50H/i4D,12D,13D,30D,31D. The first kappa shape index (κ1) is 38.8. The third-order valence-corrected chi connectivity index (χ3v) is 16.2. The Kier molecular flexibility index (Phi) is 8.91. The van der Waals surface area contributed by atoms with Crippen molar-refractivity contribution in [1.29, 1.82) is 0 Å². The molecular formula is C74H50N2. The third kappa shape index (κ3) is 6.34. The minimum atomic E-state index is -0.835. The van der Waals surface area contributed by atoms with Crippen molar-refractivity contribution in [2.45, 2.75) is 10.8 Å². The highest BCUT2D eigenvalue weighted by Gasteiger charge is 2.52. The summed E-state index contributed by atoms with van der Waals surface area (Å²) >= 11 is 0. The van der Waals surface area contributed by atoms with E-state index in [1.807, 2.05) is 41.3 Å².